The van der Waals surface area contributed by atoms with Gasteiger partial charge in [0, 0.05) is 35.2 Å². The Hall–Kier alpha value is -1.52. The number of aromatic nitrogens is 1. The Morgan fingerprint density at radius 2 is 1.89 bits per heavy atom. The van der Waals surface area contributed by atoms with Gasteiger partial charge in [-0.05, 0) is 18.2 Å². The van der Waals surface area contributed by atoms with E-state index in [0.29, 0.717) is 13.2 Å². The summed E-state index contributed by atoms with van der Waals surface area (Å²) in [5.74, 6) is 1.79. The topological polar surface area (TPSA) is 48.1 Å². The molecule has 1 aromatic heterocycles. The first kappa shape index (κ1) is 12.9. The van der Waals surface area contributed by atoms with E-state index < -0.39 is 0 Å². The Balaban J connectivity index is 1.78. The average molecular weight is 260 g/mol. The van der Waals surface area contributed by atoms with Crippen molar-refractivity contribution in [2.45, 2.75) is 11.4 Å². The van der Waals surface area contributed by atoms with Crippen molar-refractivity contribution in [3.05, 3.63) is 54.4 Å². The molecule has 1 aromatic carbocycles. The quantitative estimate of drug-likeness (QED) is 0.641. The number of nitrogens with two attached hydrogens (primary N) is 1. The van der Waals surface area contributed by atoms with Gasteiger partial charge >= 0.3 is 0 Å². The van der Waals surface area contributed by atoms with E-state index in [1.807, 2.05) is 36.4 Å². The van der Waals surface area contributed by atoms with Crippen LogP contribution in [-0.2, 0) is 6.54 Å². The standard InChI is InChI=1S/C14H16N2OS/c15-11-12-3-1-2-4-14(12)17-9-10-18-13-5-7-16-8-6-13/h1-8H,9-11,15H2. The Kier molecular flexibility index (Phi) is 5.05. The smallest absolute Gasteiger partial charge is 0.123 e. The van der Waals surface area contributed by atoms with Crippen LogP contribution in [0, 0.1) is 0 Å². The highest BCUT2D eigenvalue weighted by molar-refractivity contribution is 7.99. The monoisotopic (exact) mass is 260 g/mol. The number of thioether (sulfide) groups is 1. The lowest BCUT2D eigenvalue weighted by Gasteiger charge is -2.09. The van der Waals surface area contributed by atoms with E-state index in [9.17, 15) is 0 Å². The predicted octanol–water partition coefficient (Wildman–Crippen LogP) is 2.71. The van der Waals surface area contributed by atoms with Gasteiger partial charge in [0.25, 0.3) is 0 Å². The number of rotatable bonds is 6. The Labute approximate surface area is 111 Å². The molecule has 0 fully saturated rings. The highest BCUT2D eigenvalue weighted by Gasteiger charge is 2.00. The molecule has 2 N–H and O–H groups in total. The van der Waals surface area contributed by atoms with Crippen molar-refractivity contribution in [3.8, 4) is 5.75 Å². The molecule has 0 atom stereocenters. The van der Waals surface area contributed by atoms with Gasteiger partial charge in [-0.2, -0.15) is 0 Å². The van der Waals surface area contributed by atoms with E-state index in [0.717, 1.165) is 17.1 Å². The molecule has 0 bridgehead atoms. The van der Waals surface area contributed by atoms with E-state index in [2.05, 4.69) is 4.98 Å². The molecule has 0 aliphatic carbocycles. The van der Waals surface area contributed by atoms with Crippen LogP contribution in [0.15, 0.2) is 53.7 Å². The summed E-state index contributed by atoms with van der Waals surface area (Å²) in [7, 11) is 0. The van der Waals surface area contributed by atoms with E-state index in [1.54, 1.807) is 24.2 Å². The molecule has 3 nitrogen and oxygen atoms in total. The lowest BCUT2D eigenvalue weighted by atomic mass is 10.2. The lowest BCUT2D eigenvalue weighted by Crippen LogP contribution is -2.05. The number of pyridine rings is 1. The van der Waals surface area contributed by atoms with Crippen LogP contribution in [0.3, 0.4) is 0 Å². The molecule has 2 rings (SSSR count). The zero-order chi connectivity index (χ0) is 12.6. The van der Waals surface area contributed by atoms with Crippen molar-refractivity contribution in [2.75, 3.05) is 12.4 Å². The van der Waals surface area contributed by atoms with Crippen molar-refractivity contribution in [3.63, 3.8) is 0 Å². The summed E-state index contributed by atoms with van der Waals surface area (Å²) in [6, 6.07) is 11.9. The van der Waals surface area contributed by atoms with Crippen LogP contribution in [-0.4, -0.2) is 17.3 Å². The van der Waals surface area contributed by atoms with Gasteiger partial charge in [-0.1, -0.05) is 18.2 Å². The van der Waals surface area contributed by atoms with Gasteiger partial charge in [-0.25, -0.2) is 0 Å². The van der Waals surface area contributed by atoms with Crippen molar-refractivity contribution in [2.24, 2.45) is 5.73 Å². The van der Waals surface area contributed by atoms with E-state index in [1.165, 1.54) is 4.90 Å². The van der Waals surface area contributed by atoms with Gasteiger partial charge in [-0.3, -0.25) is 4.98 Å². The largest absolute Gasteiger partial charge is 0.492 e. The normalized spacial score (nSPS) is 10.3. The Morgan fingerprint density at radius 1 is 1.11 bits per heavy atom. The zero-order valence-electron chi connectivity index (χ0n) is 10.1. The first-order valence-corrected chi connectivity index (χ1v) is 6.82. The summed E-state index contributed by atoms with van der Waals surface area (Å²) in [6.07, 6.45) is 3.60. The van der Waals surface area contributed by atoms with Crippen LogP contribution in [0.1, 0.15) is 5.56 Å². The van der Waals surface area contributed by atoms with Gasteiger partial charge in [-0.15, -0.1) is 11.8 Å². The Bertz CT molecular complexity index is 476. The number of hydrogen-bond acceptors (Lipinski definition) is 4. The molecule has 94 valence electrons. The number of hydrogen-bond donors (Lipinski definition) is 1. The first-order chi connectivity index (χ1) is 8.90. The number of nitrogens with zero attached hydrogens (tertiary/aromatic N) is 1. The minimum Gasteiger partial charge on any atom is -0.492 e. The summed E-state index contributed by atoms with van der Waals surface area (Å²) >= 11 is 1.76. The molecule has 1 heterocycles. The van der Waals surface area contributed by atoms with Crippen LogP contribution in [0.2, 0.25) is 0 Å². The van der Waals surface area contributed by atoms with E-state index >= 15 is 0 Å². The summed E-state index contributed by atoms with van der Waals surface area (Å²) in [5, 5.41) is 0. The third kappa shape index (κ3) is 3.75. The molecule has 0 unspecified atom stereocenters. The fourth-order valence-electron chi connectivity index (χ4n) is 1.56. The van der Waals surface area contributed by atoms with Crippen molar-refractivity contribution in [1.82, 2.24) is 4.98 Å². The van der Waals surface area contributed by atoms with Gasteiger partial charge < -0.3 is 10.5 Å². The highest BCUT2D eigenvalue weighted by Crippen LogP contribution is 2.19. The SMILES string of the molecule is NCc1ccccc1OCCSc1ccncc1. The minimum absolute atomic E-state index is 0.508. The van der Waals surface area contributed by atoms with Gasteiger partial charge in [0.2, 0.25) is 0 Å². The maximum absolute atomic E-state index is 5.73. The Morgan fingerprint density at radius 3 is 2.67 bits per heavy atom. The number of ether oxygens (including phenoxy) is 1. The molecule has 0 saturated carbocycles. The summed E-state index contributed by atoms with van der Waals surface area (Å²) in [5.41, 5.74) is 6.70. The second-order valence-electron chi connectivity index (χ2n) is 3.69. The molecule has 18 heavy (non-hydrogen) atoms. The fraction of sp³-hybridized carbons (Fsp3) is 0.214. The summed E-state index contributed by atoms with van der Waals surface area (Å²) in [4.78, 5) is 5.19. The van der Waals surface area contributed by atoms with E-state index in [4.69, 9.17) is 10.5 Å². The van der Waals surface area contributed by atoms with Gasteiger partial charge in [0.1, 0.15) is 5.75 Å². The molecule has 0 radical (unpaired) electrons. The molecule has 2 aromatic rings. The minimum atomic E-state index is 0.508. The van der Waals surface area contributed by atoms with Gasteiger partial charge in [0.05, 0.1) is 6.61 Å². The number of para-hydroxylation sites is 1. The maximum Gasteiger partial charge on any atom is 0.123 e. The third-order valence-electron chi connectivity index (χ3n) is 2.45. The molecule has 4 heteroatoms. The van der Waals surface area contributed by atoms with E-state index in [-0.39, 0.29) is 0 Å². The molecule has 0 aliphatic rings. The summed E-state index contributed by atoms with van der Waals surface area (Å²) < 4.78 is 5.73. The molecule has 0 aliphatic heterocycles. The number of benzene rings is 1. The molecule has 0 saturated heterocycles. The highest BCUT2D eigenvalue weighted by atomic mass is 32.2. The molecular formula is C14H16N2OS. The van der Waals surface area contributed by atoms with Gasteiger partial charge in [0.15, 0.2) is 0 Å². The van der Waals surface area contributed by atoms with Crippen LogP contribution in [0.25, 0.3) is 0 Å². The van der Waals surface area contributed by atoms with Crippen molar-refractivity contribution in [1.29, 1.82) is 0 Å². The molecular weight excluding hydrogens is 244 g/mol. The molecule has 0 spiro atoms. The average Bonchev–Trinajstić information content (AvgIpc) is 2.45. The predicted molar refractivity (Wildman–Crippen MR) is 74.8 cm³/mol. The van der Waals surface area contributed by atoms with Crippen molar-refractivity contribution >= 4 is 11.8 Å². The second-order valence-corrected chi connectivity index (χ2v) is 4.86. The van der Waals surface area contributed by atoms with Crippen LogP contribution >= 0.6 is 11.8 Å². The van der Waals surface area contributed by atoms with Crippen LogP contribution in [0.5, 0.6) is 5.75 Å². The van der Waals surface area contributed by atoms with Crippen molar-refractivity contribution < 1.29 is 4.74 Å². The van der Waals surface area contributed by atoms with Crippen LogP contribution < -0.4 is 10.5 Å². The van der Waals surface area contributed by atoms with Crippen LogP contribution in [0.4, 0.5) is 0 Å². The summed E-state index contributed by atoms with van der Waals surface area (Å²) in [6.45, 7) is 1.18. The zero-order valence-corrected chi connectivity index (χ0v) is 10.9. The lowest BCUT2D eigenvalue weighted by molar-refractivity contribution is 0.340. The fourth-order valence-corrected chi connectivity index (χ4v) is 2.28. The third-order valence-corrected chi connectivity index (χ3v) is 3.43. The maximum atomic E-state index is 5.73. The second kappa shape index (κ2) is 7.03. The first-order valence-electron chi connectivity index (χ1n) is 5.84. The molecule has 0 amide bonds.